The van der Waals surface area contributed by atoms with Crippen LogP contribution in [0.5, 0.6) is 11.5 Å². The fraction of sp³-hybridized carbons (Fsp3) is 0.300. The van der Waals surface area contributed by atoms with Gasteiger partial charge in [0.2, 0.25) is 0 Å². The highest BCUT2D eigenvalue weighted by Crippen LogP contribution is 2.37. The zero-order valence-electron chi connectivity index (χ0n) is 21.9. The summed E-state index contributed by atoms with van der Waals surface area (Å²) in [5.74, 6) is -0.525. The van der Waals surface area contributed by atoms with E-state index in [9.17, 15) is 4.79 Å². The lowest BCUT2D eigenvalue weighted by molar-refractivity contribution is 0.0728. The Kier molecular flexibility index (Phi) is 8.87. The highest BCUT2D eigenvalue weighted by atomic mass is 28.4. The van der Waals surface area contributed by atoms with Gasteiger partial charge in [-0.2, -0.15) is 0 Å². The molecule has 0 fully saturated rings. The summed E-state index contributed by atoms with van der Waals surface area (Å²) in [4.78, 5) is 13.2. The second kappa shape index (κ2) is 11.7. The zero-order chi connectivity index (χ0) is 26.3. The van der Waals surface area contributed by atoms with Gasteiger partial charge >= 0.3 is 5.97 Å². The summed E-state index contributed by atoms with van der Waals surface area (Å²) in [6.45, 7) is 13.1. The van der Waals surface area contributed by atoms with Crippen LogP contribution in [0.3, 0.4) is 0 Å². The third kappa shape index (κ3) is 6.92. The minimum atomic E-state index is -1.94. The van der Waals surface area contributed by atoms with Gasteiger partial charge in [-0.3, -0.25) is 0 Å². The van der Waals surface area contributed by atoms with Crippen LogP contribution in [0.1, 0.15) is 47.8 Å². The van der Waals surface area contributed by atoms with Crippen LogP contribution < -0.4 is 9.47 Å². The van der Waals surface area contributed by atoms with Gasteiger partial charge in [0.15, 0.2) is 8.32 Å². The van der Waals surface area contributed by atoms with Crippen molar-refractivity contribution in [1.82, 2.24) is 0 Å². The Morgan fingerprint density at radius 1 is 1.00 bits per heavy atom. The molecule has 3 aromatic rings. The van der Waals surface area contributed by atoms with E-state index in [0.717, 1.165) is 5.56 Å². The number of rotatable bonds is 9. The Morgan fingerprint density at radius 2 is 1.61 bits per heavy atom. The van der Waals surface area contributed by atoms with Crippen molar-refractivity contribution < 1.29 is 23.1 Å². The van der Waals surface area contributed by atoms with E-state index in [1.165, 1.54) is 6.07 Å². The van der Waals surface area contributed by atoms with E-state index < -0.39 is 20.1 Å². The quantitative estimate of drug-likeness (QED) is 0.168. The van der Waals surface area contributed by atoms with Crippen LogP contribution in [0, 0.1) is 12.7 Å². The van der Waals surface area contributed by atoms with Gasteiger partial charge in [-0.1, -0.05) is 81.5 Å². The van der Waals surface area contributed by atoms with E-state index in [0.29, 0.717) is 17.9 Å². The van der Waals surface area contributed by atoms with Crippen molar-refractivity contribution in [2.45, 2.75) is 52.4 Å². The molecule has 0 aliphatic carbocycles. The molecule has 6 heteroatoms. The first-order chi connectivity index (χ1) is 17.0. The standard InChI is InChI=1S/C30H35FO4Si/c1-22-26(31)20-24(16-13-19-34-36(5,6)30(2,3)4)28(33-21-23-14-9-7-10-15-23)27(22)29(32)35-25-17-11-8-12-18-25/h7-18,20H,19,21H2,1-6H3. The Balaban J connectivity index is 1.95. The first kappa shape index (κ1) is 27.4. The molecule has 0 aromatic heterocycles. The number of para-hydroxylation sites is 1. The predicted octanol–water partition coefficient (Wildman–Crippen LogP) is 7.97. The minimum absolute atomic E-state index is 0.0692. The Hall–Kier alpha value is -3.22. The van der Waals surface area contributed by atoms with Gasteiger partial charge in [-0.25, -0.2) is 9.18 Å². The summed E-state index contributed by atoms with van der Waals surface area (Å²) < 4.78 is 32.9. The van der Waals surface area contributed by atoms with Gasteiger partial charge < -0.3 is 13.9 Å². The van der Waals surface area contributed by atoms with Crippen LogP contribution in [0.15, 0.2) is 72.8 Å². The summed E-state index contributed by atoms with van der Waals surface area (Å²) in [5.41, 5.74) is 1.62. The number of carbonyl (C=O) groups is 1. The SMILES string of the molecule is Cc1c(F)cc(C=CCO[Si](C)(C)C(C)(C)C)c(OCc2ccccc2)c1C(=O)Oc1ccccc1. The molecule has 0 amide bonds. The Morgan fingerprint density at radius 3 is 2.22 bits per heavy atom. The third-order valence-corrected chi connectivity index (χ3v) is 11.0. The number of halogens is 1. The zero-order valence-corrected chi connectivity index (χ0v) is 22.9. The van der Waals surface area contributed by atoms with Crippen molar-refractivity contribution in [2.75, 3.05) is 6.61 Å². The van der Waals surface area contributed by atoms with Gasteiger partial charge in [0.1, 0.15) is 29.5 Å². The maximum atomic E-state index is 15.0. The van der Waals surface area contributed by atoms with Crippen LogP contribution in [0.2, 0.25) is 18.1 Å². The monoisotopic (exact) mass is 506 g/mol. The van der Waals surface area contributed by atoms with Crippen molar-refractivity contribution in [3.8, 4) is 11.5 Å². The second-order valence-electron chi connectivity index (χ2n) is 10.2. The van der Waals surface area contributed by atoms with Gasteiger partial charge in [-0.05, 0) is 48.8 Å². The van der Waals surface area contributed by atoms with E-state index in [-0.39, 0.29) is 28.5 Å². The van der Waals surface area contributed by atoms with Gasteiger partial charge in [0.05, 0.1) is 6.61 Å². The maximum absolute atomic E-state index is 15.0. The molecule has 3 rings (SSSR count). The first-order valence-electron chi connectivity index (χ1n) is 12.1. The molecule has 36 heavy (non-hydrogen) atoms. The first-order valence-corrected chi connectivity index (χ1v) is 15.0. The number of benzene rings is 3. The number of hydrogen-bond donors (Lipinski definition) is 0. The van der Waals surface area contributed by atoms with Crippen LogP contribution in [-0.4, -0.2) is 20.9 Å². The van der Waals surface area contributed by atoms with Crippen molar-refractivity contribution in [2.24, 2.45) is 0 Å². The highest BCUT2D eigenvalue weighted by Gasteiger charge is 2.36. The molecule has 0 atom stereocenters. The number of hydrogen-bond acceptors (Lipinski definition) is 4. The minimum Gasteiger partial charge on any atom is -0.487 e. The van der Waals surface area contributed by atoms with Gasteiger partial charge in [-0.15, -0.1) is 0 Å². The Labute approximate surface area is 214 Å². The number of ether oxygens (including phenoxy) is 2. The highest BCUT2D eigenvalue weighted by molar-refractivity contribution is 6.74. The molecule has 0 spiro atoms. The van der Waals surface area contributed by atoms with Crippen molar-refractivity contribution >= 4 is 20.4 Å². The van der Waals surface area contributed by atoms with Crippen LogP contribution >= 0.6 is 0 Å². The van der Waals surface area contributed by atoms with Crippen LogP contribution in [0.25, 0.3) is 6.08 Å². The lowest BCUT2D eigenvalue weighted by Crippen LogP contribution is -2.40. The van der Waals surface area contributed by atoms with Crippen molar-refractivity contribution in [3.63, 3.8) is 0 Å². The van der Waals surface area contributed by atoms with E-state index in [1.54, 1.807) is 37.3 Å². The smallest absolute Gasteiger partial charge is 0.347 e. The molecule has 0 aliphatic rings. The fourth-order valence-electron chi connectivity index (χ4n) is 3.29. The molecule has 0 N–H and O–H groups in total. The number of carbonyl (C=O) groups excluding carboxylic acids is 1. The third-order valence-electron chi connectivity index (χ3n) is 6.53. The average Bonchev–Trinajstić information content (AvgIpc) is 2.83. The summed E-state index contributed by atoms with van der Waals surface area (Å²) in [7, 11) is -1.94. The van der Waals surface area contributed by atoms with Crippen LogP contribution in [0.4, 0.5) is 4.39 Å². The van der Waals surface area contributed by atoms with Crippen LogP contribution in [-0.2, 0) is 11.0 Å². The Bertz CT molecular complexity index is 1200. The maximum Gasteiger partial charge on any atom is 0.347 e. The lowest BCUT2D eigenvalue weighted by atomic mass is 10.0. The molecule has 0 radical (unpaired) electrons. The molecule has 0 heterocycles. The van der Waals surface area contributed by atoms with E-state index in [2.05, 4.69) is 33.9 Å². The topological polar surface area (TPSA) is 44.8 Å². The predicted molar refractivity (Wildman–Crippen MR) is 145 cm³/mol. The molecule has 4 nitrogen and oxygen atoms in total. The molecular formula is C30H35FO4Si. The average molecular weight is 507 g/mol. The molecule has 0 saturated carbocycles. The lowest BCUT2D eigenvalue weighted by Gasteiger charge is -2.35. The molecule has 0 aliphatic heterocycles. The van der Waals surface area contributed by atoms with E-state index in [1.807, 2.05) is 42.5 Å². The van der Waals surface area contributed by atoms with Crippen molar-refractivity contribution in [3.05, 3.63) is 101 Å². The number of esters is 1. The molecule has 0 unspecified atom stereocenters. The van der Waals surface area contributed by atoms with Gasteiger partial charge in [0.25, 0.3) is 0 Å². The largest absolute Gasteiger partial charge is 0.487 e. The molecule has 3 aromatic carbocycles. The van der Waals surface area contributed by atoms with Crippen molar-refractivity contribution in [1.29, 1.82) is 0 Å². The summed E-state index contributed by atoms with van der Waals surface area (Å²) in [6.07, 6.45) is 3.58. The second-order valence-corrected chi connectivity index (χ2v) is 15.0. The molecule has 190 valence electrons. The van der Waals surface area contributed by atoms with Gasteiger partial charge in [0, 0.05) is 11.1 Å². The summed E-state index contributed by atoms with van der Waals surface area (Å²) >= 11 is 0. The fourth-order valence-corrected chi connectivity index (χ4v) is 4.24. The molecule has 0 bridgehead atoms. The van der Waals surface area contributed by atoms with E-state index in [4.69, 9.17) is 13.9 Å². The molecule has 0 saturated heterocycles. The normalized spacial score (nSPS) is 12.1. The van der Waals surface area contributed by atoms with E-state index >= 15 is 4.39 Å². The molecular weight excluding hydrogens is 471 g/mol. The summed E-state index contributed by atoms with van der Waals surface area (Å²) in [5, 5.41) is 0.0785. The summed E-state index contributed by atoms with van der Waals surface area (Å²) in [6, 6.07) is 19.7.